The number of anilines is 1. The molecule has 0 radical (unpaired) electrons. The summed E-state index contributed by atoms with van der Waals surface area (Å²) in [5.41, 5.74) is 0.605. The number of carbonyl (C=O) groups excluding carboxylic acids is 1. The molecule has 4 aromatic rings. The van der Waals surface area contributed by atoms with E-state index in [4.69, 9.17) is 14.2 Å². The summed E-state index contributed by atoms with van der Waals surface area (Å²) in [5.74, 6) is 0.739. The number of aromatic nitrogens is 2. The molecular weight excluding hydrogens is 500 g/mol. The van der Waals surface area contributed by atoms with Crippen LogP contribution in [-0.4, -0.2) is 67.4 Å². The number of ether oxygens (including phenoxy) is 3. The molecule has 3 aromatic carbocycles. The molecule has 10 nitrogen and oxygen atoms in total. The maximum Gasteiger partial charge on any atom is 0.336 e. The Morgan fingerprint density at radius 3 is 2.00 bits per heavy atom. The molecule has 0 aliphatic carbocycles. The van der Waals surface area contributed by atoms with E-state index in [1.165, 1.54) is 38.0 Å². The third-order valence-corrected chi connectivity index (χ3v) is 7.01. The molecule has 0 unspecified atom stereocenters. The van der Waals surface area contributed by atoms with Gasteiger partial charge in [-0.3, -0.25) is 14.2 Å². The first-order valence-electron chi connectivity index (χ1n) is 12.6. The minimum Gasteiger partial charge on any atom is -0.493 e. The van der Waals surface area contributed by atoms with E-state index in [9.17, 15) is 14.4 Å². The third kappa shape index (κ3) is 4.81. The van der Waals surface area contributed by atoms with Crippen molar-refractivity contribution in [1.82, 2.24) is 14.0 Å². The second-order valence-electron chi connectivity index (χ2n) is 9.11. The van der Waals surface area contributed by atoms with Crippen LogP contribution >= 0.6 is 0 Å². The van der Waals surface area contributed by atoms with Crippen molar-refractivity contribution in [3.05, 3.63) is 87.6 Å². The van der Waals surface area contributed by atoms with Crippen molar-refractivity contribution in [1.29, 1.82) is 0 Å². The zero-order chi connectivity index (χ0) is 27.5. The number of amides is 1. The molecule has 1 aliphatic rings. The predicted molar refractivity (Wildman–Crippen MR) is 149 cm³/mol. The lowest BCUT2D eigenvalue weighted by atomic mass is 10.2. The highest BCUT2D eigenvalue weighted by molar-refractivity contribution is 5.82. The molecule has 1 fully saturated rings. The summed E-state index contributed by atoms with van der Waals surface area (Å²) in [6.45, 7) is 2.25. The van der Waals surface area contributed by atoms with Crippen LogP contribution in [0.1, 0.15) is 0 Å². The molecule has 202 valence electrons. The zero-order valence-electron chi connectivity index (χ0n) is 22.1. The third-order valence-electron chi connectivity index (χ3n) is 7.01. The molecule has 0 atom stereocenters. The van der Waals surface area contributed by atoms with Gasteiger partial charge in [0.15, 0.2) is 11.5 Å². The van der Waals surface area contributed by atoms with Gasteiger partial charge in [-0.25, -0.2) is 9.36 Å². The molecule has 1 amide bonds. The molecule has 0 spiro atoms. The van der Waals surface area contributed by atoms with Crippen molar-refractivity contribution < 1.29 is 19.0 Å². The molecule has 1 saturated heterocycles. The Balaban J connectivity index is 1.52. The van der Waals surface area contributed by atoms with E-state index in [0.717, 1.165) is 10.3 Å². The van der Waals surface area contributed by atoms with Crippen molar-refractivity contribution in [3.63, 3.8) is 0 Å². The maximum atomic E-state index is 13.8. The van der Waals surface area contributed by atoms with Crippen LogP contribution in [0.15, 0.2) is 76.3 Å². The zero-order valence-corrected chi connectivity index (χ0v) is 22.1. The molecule has 5 rings (SSSR count). The Hall–Kier alpha value is -4.73. The average Bonchev–Trinajstić information content (AvgIpc) is 2.99. The SMILES string of the molecule is COc1cc(-n2c(=O)c3ccccc3n(CC(=O)N3CCN(c4ccccc4)CC3)c2=O)cc(OC)c1OC. The highest BCUT2D eigenvalue weighted by Crippen LogP contribution is 2.38. The minimum atomic E-state index is -0.635. The van der Waals surface area contributed by atoms with Gasteiger partial charge in [0.05, 0.1) is 37.9 Å². The average molecular weight is 531 g/mol. The van der Waals surface area contributed by atoms with Gasteiger partial charge in [-0.05, 0) is 24.3 Å². The monoisotopic (exact) mass is 530 g/mol. The highest BCUT2D eigenvalue weighted by atomic mass is 16.5. The smallest absolute Gasteiger partial charge is 0.336 e. The van der Waals surface area contributed by atoms with Crippen molar-refractivity contribution >= 4 is 22.5 Å². The molecular formula is C29H30N4O6. The maximum absolute atomic E-state index is 13.8. The Morgan fingerprint density at radius 1 is 0.769 bits per heavy atom. The van der Waals surface area contributed by atoms with Crippen LogP contribution in [0, 0.1) is 0 Å². The molecule has 2 heterocycles. The fourth-order valence-corrected chi connectivity index (χ4v) is 4.99. The van der Waals surface area contributed by atoms with E-state index < -0.39 is 11.2 Å². The summed E-state index contributed by atoms with van der Waals surface area (Å²) >= 11 is 0. The van der Waals surface area contributed by atoms with Gasteiger partial charge in [-0.1, -0.05) is 30.3 Å². The van der Waals surface area contributed by atoms with E-state index in [-0.39, 0.29) is 18.1 Å². The Morgan fingerprint density at radius 2 is 1.38 bits per heavy atom. The van der Waals surface area contributed by atoms with Gasteiger partial charge in [0.25, 0.3) is 5.56 Å². The molecule has 0 bridgehead atoms. The van der Waals surface area contributed by atoms with Crippen LogP contribution in [0.5, 0.6) is 17.2 Å². The van der Waals surface area contributed by atoms with Crippen LogP contribution in [0.25, 0.3) is 16.6 Å². The summed E-state index contributed by atoms with van der Waals surface area (Å²) in [4.78, 5) is 44.8. The van der Waals surface area contributed by atoms with Crippen molar-refractivity contribution in [2.75, 3.05) is 52.4 Å². The molecule has 0 N–H and O–H groups in total. The highest BCUT2D eigenvalue weighted by Gasteiger charge is 2.24. The van der Waals surface area contributed by atoms with E-state index in [1.807, 2.05) is 18.2 Å². The lowest BCUT2D eigenvalue weighted by Crippen LogP contribution is -2.50. The van der Waals surface area contributed by atoms with Crippen LogP contribution in [0.4, 0.5) is 5.69 Å². The van der Waals surface area contributed by atoms with Gasteiger partial charge in [0.2, 0.25) is 11.7 Å². The molecule has 1 aliphatic heterocycles. The first-order valence-corrected chi connectivity index (χ1v) is 12.6. The summed E-state index contributed by atoms with van der Waals surface area (Å²) in [7, 11) is 4.39. The predicted octanol–water partition coefficient (Wildman–Crippen LogP) is 2.53. The number of fused-ring (bicyclic) bond motifs is 1. The van der Waals surface area contributed by atoms with Gasteiger partial charge in [0.1, 0.15) is 6.54 Å². The second-order valence-corrected chi connectivity index (χ2v) is 9.11. The minimum absolute atomic E-state index is 0.190. The van der Waals surface area contributed by atoms with E-state index in [1.54, 1.807) is 29.2 Å². The number of hydrogen-bond acceptors (Lipinski definition) is 7. The quantitative estimate of drug-likeness (QED) is 0.362. The number of hydrogen-bond donors (Lipinski definition) is 0. The number of nitrogens with zero attached hydrogens (tertiary/aromatic N) is 4. The lowest BCUT2D eigenvalue weighted by molar-refractivity contribution is -0.132. The molecule has 1 aromatic heterocycles. The van der Waals surface area contributed by atoms with E-state index >= 15 is 0 Å². The van der Waals surface area contributed by atoms with Crippen LogP contribution < -0.4 is 30.4 Å². The fraction of sp³-hybridized carbons (Fsp3) is 0.276. The number of para-hydroxylation sites is 2. The largest absolute Gasteiger partial charge is 0.493 e. The van der Waals surface area contributed by atoms with Crippen molar-refractivity contribution in [2.45, 2.75) is 6.54 Å². The standard InChI is InChI=1S/C29H30N4O6/c1-37-24-17-21(18-25(38-2)27(24)39-3)33-28(35)22-11-7-8-12-23(22)32(29(33)36)19-26(34)31-15-13-30(14-16-31)20-9-5-4-6-10-20/h4-12,17-18H,13-16,19H2,1-3H3. The van der Waals surface area contributed by atoms with Crippen molar-refractivity contribution in [2.24, 2.45) is 0 Å². The summed E-state index contributed by atoms with van der Waals surface area (Å²) in [5, 5.41) is 0.313. The van der Waals surface area contributed by atoms with Gasteiger partial charge in [0, 0.05) is 44.0 Å². The first kappa shape index (κ1) is 25.9. The number of methoxy groups -OCH3 is 3. The lowest BCUT2D eigenvalue weighted by Gasteiger charge is -2.36. The number of rotatable bonds is 7. The van der Waals surface area contributed by atoms with Gasteiger partial charge < -0.3 is 24.0 Å². The molecule has 10 heteroatoms. The normalized spacial score (nSPS) is 13.4. The van der Waals surface area contributed by atoms with E-state index in [0.29, 0.717) is 54.3 Å². The Labute approximate surface area is 225 Å². The topological polar surface area (TPSA) is 95.2 Å². The van der Waals surface area contributed by atoms with Crippen LogP contribution in [0.2, 0.25) is 0 Å². The van der Waals surface area contributed by atoms with Gasteiger partial charge >= 0.3 is 5.69 Å². The fourth-order valence-electron chi connectivity index (χ4n) is 4.99. The van der Waals surface area contributed by atoms with E-state index in [2.05, 4.69) is 17.0 Å². The molecule has 0 saturated carbocycles. The Kier molecular flexibility index (Phi) is 7.27. The summed E-state index contributed by atoms with van der Waals surface area (Å²) in [6.07, 6.45) is 0. The first-order chi connectivity index (χ1) is 19.0. The molecule has 39 heavy (non-hydrogen) atoms. The van der Waals surface area contributed by atoms with Gasteiger partial charge in [-0.15, -0.1) is 0 Å². The van der Waals surface area contributed by atoms with Crippen LogP contribution in [-0.2, 0) is 11.3 Å². The second kappa shape index (κ2) is 10.9. The van der Waals surface area contributed by atoms with Crippen molar-refractivity contribution in [3.8, 4) is 22.9 Å². The number of carbonyl (C=O) groups is 1. The Bertz CT molecular complexity index is 1600. The summed E-state index contributed by atoms with van der Waals surface area (Å²) < 4.78 is 18.6. The summed E-state index contributed by atoms with van der Waals surface area (Å²) in [6, 6.07) is 19.9. The van der Waals surface area contributed by atoms with Gasteiger partial charge in [-0.2, -0.15) is 0 Å². The van der Waals surface area contributed by atoms with Crippen LogP contribution in [0.3, 0.4) is 0 Å². The number of benzene rings is 3. The number of piperazine rings is 1.